The van der Waals surface area contributed by atoms with Crippen molar-refractivity contribution >= 4 is 17.7 Å². The molecule has 116 valence electrons. The minimum absolute atomic E-state index is 0.0169. The topological polar surface area (TPSA) is 29.1 Å². The fourth-order valence-corrected chi connectivity index (χ4v) is 3.12. The predicted molar refractivity (Wildman–Crippen MR) is 94.3 cm³/mol. The van der Waals surface area contributed by atoms with Gasteiger partial charge in [0, 0.05) is 22.3 Å². The lowest BCUT2D eigenvalue weighted by Gasteiger charge is -2.12. The van der Waals surface area contributed by atoms with E-state index in [0.29, 0.717) is 0 Å². The molecule has 0 aliphatic carbocycles. The Morgan fingerprint density at radius 2 is 1.77 bits per heavy atom. The summed E-state index contributed by atoms with van der Waals surface area (Å²) in [5.41, 5.74) is 1.96. The smallest absolute Gasteiger partial charge is 0.251 e. The first kappa shape index (κ1) is 16.6. The second kappa shape index (κ2) is 8.64. The number of nitrogens with one attached hydrogen (secondary N) is 1. The largest absolute Gasteiger partial charge is 0.350 e. The molecule has 0 saturated carbocycles. The Kier molecular flexibility index (Phi) is 6.53. The van der Waals surface area contributed by atoms with E-state index in [9.17, 15) is 4.79 Å². The Balaban J connectivity index is 1.88. The Labute approximate surface area is 137 Å². The van der Waals surface area contributed by atoms with E-state index in [1.165, 1.54) is 10.5 Å². The molecule has 0 heterocycles. The Hall–Kier alpha value is -1.74. The maximum absolute atomic E-state index is 12.1. The van der Waals surface area contributed by atoms with Crippen molar-refractivity contribution in [2.24, 2.45) is 0 Å². The van der Waals surface area contributed by atoms with Crippen LogP contribution in [-0.4, -0.2) is 11.9 Å². The fraction of sp³-hybridized carbons (Fsp3) is 0.316. The van der Waals surface area contributed by atoms with Gasteiger partial charge in [-0.3, -0.25) is 4.79 Å². The summed E-state index contributed by atoms with van der Waals surface area (Å²) in [5, 5.41) is 3.03. The molecule has 0 saturated heterocycles. The summed E-state index contributed by atoms with van der Waals surface area (Å²) >= 11 is 1.80. The first-order valence-corrected chi connectivity index (χ1v) is 8.75. The third kappa shape index (κ3) is 5.23. The van der Waals surface area contributed by atoms with Gasteiger partial charge in [-0.05, 0) is 43.2 Å². The fourth-order valence-electron chi connectivity index (χ4n) is 2.25. The molecule has 0 aliphatic heterocycles. The molecule has 0 fully saturated rings. The lowest BCUT2D eigenvalue weighted by atomic mass is 10.1. The maximum Gasteiger partial charge on any atom is 0.251 e. The van der Waals surface area contributed by atoms with Gasteiger partial charge in [0.15, 0.2) is 0 Å². The second-order valence-electron chi connectivity index (χ2n) is 5.46. The van der Waals surface area contributed by atoms with E-state index in [0.717, 1.165) is 24.2 Å². The highest BCUT2D eigenvalue weighted by Crippen LogP contribution is 2.22. The van der Waals surface area contributed by atoms with E-state index in [4.69, 9.17) is 0 Å². The zero-order chi connectivity index (χ0) is 15.8. The van der Waals surface area contributed by atoms with Crippen LogP contribution in [0.25, 0.3) is 0 Å². The molecule has 1 atom stereocenters. The van der Waals surface area contributed by atoms with E-state index >= 15 is 0 Å². The number of benzene rings is 2. The van der Waals surface area contributed by atoms with Crippen molar-refractivity contribution in [2.75, 3.05) is 0 Å². The molecule has 22 heavy (non-hydrogen) atoms. The van der Waals surface area contributed by atoms with Crippen LogP contribution in [0.4, 0.5) is 0 Å². The summed E-state index contributed by atoms with van der Waals surface area (Å²) < 4.78 is 0. The SMILES string of the molecule is CCC[C@H](C)NC(=O)c1ccc(CSc2ccccc2)cc1. The monoisotopic (exact) mass is 313 g/mol. The molecule has 2 aromatic rings. The predicted octanol–water partition coefficient (Wildman–Crippen LogP) is 4.90. The lowest BCUT2D eigenvalue weighted by molar-refractivity contribution is 0.0938. The molecule has 1 amide bonds. The first-order valence-electron chi connectivity index (χ1n) is 7.76. The van der Waals surface area contributed by atoms with Gasteiger partial charge in [0.05, 0.1) is 0 Å². The lowest BCUT2D eigenvalue weighted by Crippen LogP contribution is -2.32. The van der Waals surface area contributed by atoms with Crippen molar-refractivity contribution in [3.8, 4) is 0 Å². The van der Waals surface area contributed by atoms with Gasteiger partial charge in [0.25, 0.3) is 5.91 Å². The molecule has 0 bridgehead atoms. The van der Waals surface area contributed by atoms with Gasteiger partial charge < -0.3 is 5.32 Å². The van der Waals surface area contributed by atoms with Crippen LogP contribution in [0.3, 0.4) is 0 Å². The summed E-state index contributed by atoms with van der Waals surface area (Å²) in [7, 11) is 0. The van der Waals surface area contributed by atoms with E-state index in [-0.39, 0.29) is 11.9 Å². The summed E-state index contributed by atoms with van der Waals surface area (Å²) in [6.45, 7) is 4.17. The molecule has 2 aromatic carbocycles. The van der Waals surface area contributed by atoms with Crippen LogP contribution in [0.2, 0.25) is 0 Å². The number of carbonyl (C=O) groups is 1. The number of rotatable bonds is 7. The van der Waals surface area contributed by atoms with Crippen LogP contribution in [0.5, 0.6) is 0 Å². The van der Waals surface area contributed by atoms with Crippen molar-refractivity contribution in [1.29, 1.82) is 0 Å². The minimum Gasteiger partial charge on any atom is -0.350 e. The standard InChI is InChI=1S/C19H23NOS/c1-3-7-15(2)20-19(21)17-12-10-16(11-13-17)14-22-18-8-5-4-6-9-18/h4-6,8-13,15H,3,7,14H2,1-2H3,(H,20,21)/t15-/m0/s1. The van der Waals surface area contributed by atoms with Gasteiger partial charge >= 0.3 is 0 Å². The summed E-state index contributed by atoms with van der Waals surface area (Å²) in [5.74, 6) is 0.932. The average molecular weight is 313 g/mol. The van der Waals surface area contributed by atoms with Gasteiger partial charge in [0.2, 0.25) is 0 Å². The van der Waals surface area contributed by atoms with Gasteiger partial charge in [-0.25, -0.2) is 0 Å². The molecule has 2 rings (SSSR count). The molecule has 3 heteroatoms. The normalized spacial score (nSPS) is 11.9. The van der Waals surface area contributed by atoms with Gasteiger partial charge in [0.1, 0.15) is 0 Å². The van der Waals surface area contributed by atoms with Crippen LogP contribution in [0, 0.1) is 0 Å². The van der Waals surface area contributed by atoms with Gasteiger partial charge in [-0.15, -0.1) is 11.8 Å². The highest BCUT2D eigenvalue weighted by Gasteiger charge is 2.08. The minimum atomic E-state index is 0.0169. The van der Waals surface area contributed by atoms with Crippen molar-refractivity contribution in [3.63, 3.8) is 0 Å². The maximum atomic E-state index is 12.1. The Morgan fingerprint density at radius 3 is 2.41 bits per heavy atom. The first-order chi connectivity index (χ1) is 10.7. The van der Waals surface area contributed by atoms with Crippen molar-refractivity contribution in [3.05, 3.63) is 65.7 Å². The zero-order valence-corrected chi connectivity index (χ0v) is 14.0. The number of carbonyl (C=O) groups excluding carboxylic acids is 1. The number of hydrogen-bond donors (Lipinski definition) is 1. The van der Waals surface area contributed by atoms with Crippen LogP contribution in [-0.2, 0) is 5.75 Å². The molecule has 0 aromatic heterocycles. The third-order valence-corrected chi connectivity index (χ3v) is 4.55. The van der Waals surface area contributed by atoms with Crippen LogP contribution >= 0.6 is 11.8 Å². The van der Waals surface area contributed by atoms with Crippen LogP contribution in [0.15, 0.2) is 59.5 Å². The van der Waals surface area contributed by atoms with Gasteiger partial charge in [-0.2, -0.15) is 0 Å². The number of hydrogen-bond acceptors (Lipinski definition) is 2. The third-order valence-electron chi connectivity index (χ3n) is 3.46. The molecule has 2 nitrogen and oxygen atoms in total. The summed E-state index contributed by atoms with van der Waals surface area (Å²) in [6.07, 6.45) is 2.09. The molecule has 0 spiro atoms. The highest BCUT2D eigenvalue weighted by molar-refractivity contribution is 7.98. The Morgan fingerprint density at radius 1 is 1.09 bits per heavy atom. The second-order valence-corrected chi connectivity index (χ2v) is 6.51. The van der Waals surface area contributed by atoms with Gasteiger partial charge in [-0.1, -0.05) is 43.7 Å². The van der Waals surface area contributed by atoms with E-state index in [2.05, 4.69) is 24.4 Å². The van der Waals surface area contributed by atoms with Crippen LogP contribution in [0.1, 0.15) is 42.6 Å². The molecule has 0 unspecified atom stereocenters. The molecule has 0 aliphatic rings. The molecule has 0 radical (unpaired) electrons. The number of thioether (sulfide) groups is 1. The Bertz CT molecular complexity index is 580. The highest BCUT2D eigenvalue weighted by atomic mass is 32.2. The van der Waals surface area contributed by atoms with Crippen molar-refractivity contribution in [1.82, 2.24) is 5.32 Å². The van der Waals surface area contributed by atoms with E-state index in [1.54, 1.807) is 11.8 Å². The van der Waals surface area contributed by atoms with Crippen molar-refractivity contribution < 1.29 is 4.79 Å². The quantitative estimate of drug-likeness (QED) is 0.737. The molecule has 1 N–H and O–H groups in total. The summed E-state index contributed by atoms with van der Waals surface area (Å²) in [4.78, 5) is 13.4. The molecular weight excluding hydrogens is 290 g/mol. The zero-order valence-electron chi connectivity index (χ0n) is 13.2. The van der Waals surface area contributed by atoms with E-state index < -0.39 is 0 Å². The molecular formula is C19H23NOS. The van der Waals surface area contributed by atoms with Crippen molar-refractivity contribution in [2.45, 2.75) is 43.4 Å². The number of amides is 1. The van der Waals surface area contributed by atoms with E-state index in [1.807, 2.05) is 49.4 Å². The summed E-state index contributed by atoms with van der Waals surface area (Å²) in [6, 6.07) is 18.5. The average Bonchev–Trinajstić information content (AvgIpc) is 2.54. The van der Waals surface area contributed by atoms with Crippen LogP contribution < -0.4 is 5.32 Å².